The standard InChI is InChI=1S/C22H27ClN2O4/c1-4-20(29-16-10-11-18(23)15(2)14-16)22(27)25-19-9-6-5-8-17(19)21(26)24-12-7-13-28-3/h5-6,8-11,14,20H,4,7,12-13H2,1-3H3,(H,24,26)(H,25,27)/t20-/m1/s1. The number of carbonyl (C=O) groups excluding carboxylic acids is 2. The molecule has 29 heavy (non-hydrogen) atoms. The molecular formula is C22H27ClN2O4. The third kappa shape index (κ3) is 6.76. The van der Waals surface area contributed by atoms with Gasteiger partial charge in [-0.05, 0) is 55.7 Å². The molecule has 0 aromatic heterocycles. The smallest absolute Gasteiger partial charge is 0.265 e. The average molecular weight is 419 g/mol. The van der Waals surface area contributed by atoms with Crippen molar-refractivity contribution in [2.75, 3.05) is 25.6 Å². The monoisotopic (exact) mass is 418 g/mol. The molecule has 2 aromatic rings. The van der Waals surface area contributed by atoms with Crippen LogP contribution in [0.25, 0.3) is 0 Å². The van der Waals surface area contributed by atoms with Gasteiger partial charge < -0.3 is 20.1 Å². The van der Waals surface area contributed by atoms with E-state index >= 15 is 0 Å². The molecule has 0 heterocycles. The van der Waals surface area contributed by atoms with Crippen molar-refractivity contribution in [3.8, 4) is 5.75 Å². The van der Waals surface area contributed by atoms with E-state index in [-0.39, 0.29) is 11.8 Å². The van der Waals surface area contributed by atoms with Crippen molar-refractivity contribution >= 4 is 29.1 Å². The normalized spacial score (nSPS) is 11.6. The Hall–Kier alpha value is -2.57. The largest absolute Gasteiger partial charge is 0.481 e. The highest BCUT2D eigenvalue weighted by molar-refractivity contribution is 6.31. The molecule has 0 fully saturated rings. The highest BCUT2D eigenvalue weighted by Crippen LogP contribution is 2.23. The second-order valence-electron chi connectivity index (χ2n) is 6.56. The van der Waals surface area contributed by atoms with Gasteiger partial charge in [0.1, 0.15) is 5.75 Å². The number of methoxy groups -OCH3 is 1. The van der Waals surface area contributed by atoms with Gasteiger partial charge >= 0.3 is 0 Å². The first-order chi connectivity index (χ1) is 14.0. The van der Waals surface area contributed by atoms with Gasteiger partial charge in [-0.2, -0.15) is 0 Å². The second-order valence-corrected chi connectivity index (χ2v) is 6.97. The van der Waals surface area contributed by atoms with Crippen molar-refractivity contribution in [3.63, 3.8) is 0 Å². The first-order valence-electron chi connectivity index (χ1n) is 9.56. The molecule has 156 valence electrons. The van der Waals surface area contributed by atoms with Gasteiger partial charge in [-0.3, -0.25) is 9.59 Å². The highest BCUT2D eigenvalue weighted by atomic mass is 35.5. The lowest BCUT2D eigenvalue weighted by atomic mass is 10.1. The number of hydrogen-bond donors (Lipinski definition) is 2. The van der Waals surface area contributed by atoms with Crippen molar-refractivity contribution in [3.05, 3.63) is 58.6 Å². The molecule has 0 aliphatic heterocycles. The highest BCUT2D eigenvalue weighted by Gasteiger charge is 2.21. The third-order valence-electron chi connectivity index (χ3n) is 4.31. The van der Waals surface area contributed by atoms with E-state index in [1.807, 2.05) is 13.8 Å². The van der Waals surface area contributed by atoms with Crippen LogP contribution < -0.4 is 15.4 Å². The minimum atomic E-state index is -0.701. The zero-order valence-electron chi connectivity index (χ0n) is 17.0. The van der Waals surface area contributed by atoms with Gasteiger partial charge in [0, 0.05) is 25.3 Å². The number of aryl methyl sites for hydroxylation is 1. The summed E-state index contributed by atoms with van der Waals surface area (Å²) >= 11 is 6.04. The number of anilines is 1. The van der Waals surface area contributed by atoms with E-state index in [2.05, 4.69) is 10.6 Å². The summed E-state index contributed by atoms with van der Waals surface area (Å²) in [4.78, 5) is 25.2. The lowest BCUT2D eigenvalue weighted by molar-refractivity contribution is -0.122. The zero-order valence-corrected chi connectivity index (χ0v) is 17.7. The molecule has 6 nitrogen and oxygen atoms in total. The molecule has 0 bridgehead atoms. The predicted octanol–water partition coefficient (Wildman–Crippen LogP) is 4.21. The van der Waals surface area contributed by atoms with Crippen molar-refractivity contribution in [2.45, 2.75) is 32.8 Å². The van der Waals surface area contributed by atoms with Crippen LogP contribution in [0.4, 0.5) is 5.69 Å². The maximum absolute atomic E-state index is 12.8. The summed E-state index contributed by atoms with van der Waals surface area (Å²) in [5.74, 6) is -0.00268. The van der Waals surface area contributed by atoms with Crippen molar-refractivity contribution in [1.82, 2.24) is 5.32 Å². The van der Waals surface area contributed by atoms with Crippen LogP contribution in [-0.4, -0.2) is 38.2 Å². The van der Waals surface area contributed by atoms with Crippen LogP contribution >= 0.6 is 11.6 Å². The number of benzene rings is 2. The summed E-state index contributed by atoms with van der Waals surface area (Å²) in [5, 5.41) is 6.28. The van der Waals surface area contributed by atoms with Crippen LogP contribution in [0.5, 0.6) is 5.75 Å². The molecule has 2 N–H and O–H groups in total. The second kappa shape index (κ2) is 11.4. The Morgan fingerprint density at radius 1 is 1.17 bits per heavy atom. The van der Waals surface area contributed by atoms with E-state index in [0.717, 1.165) is 5.56 Å². The number of carbonyl (C=O) groups is 2. The predicted molar refractivity (Wildman–Crippen MR) is 115 cm³/mol. The maximum Gasteiger partial charge on any atom is 0.265 e. The van der Waals surface area contributed by atoms with E-state index < -0.39 is 6.10 Å². The summed E-state index contributed by atoms with van der Waals surface area (Å²) in [6.45, 7) is 4.79. The molecule has 2 rings (SSSR count). The number of amides is 2. The minimum absolute atomic E-state index is 0.251. The average Bonchev–Trinajstić information content (AvgIpc) is 2.72. The Morgan fingerprint density at radius 2 is 1.93 bits per heavy atom. The molecule has 2 amide bonds. The molecule has 1 atom stereocenters. The van der Waals surface area contributed by atoms with Crippen LogP contribution in [0.1, 0.15) is 35.7 Å². The first kappa shape index (κ1) is 22.7. The number of halogens is 1. The molecular weight excluding hydrogens is 392 g/mol. The zero-order chi connectivity index (χ0) is 21.2. The van der Waals surface area contributed by atoms with E-state index in [9.17, 15) is 9.59 Å². The topological polar surface area (TPSA) is 76.7 Å². The minimum Gasteiger partial charge on any atom is -0.481 e. The van der Waals surface area contributed by atoms with Crippen LogP contribution in [0.3, 0.4) is 0 Å². The van der Waals surface area contributed by atoms with Crippen LogP contribution in [0.2, 0.25) is 5.02 Å². The number of hydrogen-bond acceptors (Lipinski definition) is 4. The summed E-state index contributed by atoms with van der Waals surface area (Å²) < 4.78 is 10.8. The Morgan fingerprint density at radius 3 is 2.62 bits per heavy atom. The molecule has 2 aromatic carbocycles. The Bertz CT molecular complexity index is 841. The number of nitrogens with one attached hydrogen (secondary N) is 2. The summed E-state index contributed by atoms with van der Waals surface area (Å²) in [6.07, 6.45) is 0.482. The number of para-hydroxylation sites is 1. The Labute approximate surface area is 176 Å². The summed E-state index contributed by atoms with van der Waals surface area (Å²) in [5.41, 5.74) is 1.71. The lowest BCUT2D eigenvalue weighted by Crippen LogP contribution is -2.33. The SMILES string of the molecule is CC[C@@H](Oc1ccc(Cl)c(C)c1)C(=O)Nc1ccccc1C(=O)NCCCOC. The van der Waals surface area contributed by atoms with Crippen LogP contribution in [-0.2, 0) is 9.53 Å². The molecule has 7 heteroatoms. The fraction of sp³-hybridized carbons (Fsp3) is 0.364. The fourth-order valence-corrected chi connectivity index (χ4v) is 2.81. The first-order valence-corrected chi connectivity index (χ1v) is 9.93. The molecule has 0 aliphatic carbocycles. The van der Waals surface area contributed by atoms with Gasteiger partial charge in [0.2, 0.25) is 0 Å². The Balaban J connectivity index is 2.06. The van der Waals surface area contributed by atoms with Crippen LogP contribution in [0, 0.1) is 6.92 Å². The van der Waals surface area contributed by atoms with Gasteiger partial charge in [0.05, 0.1) is 11.3 Å². The van der Waals surface area contributed by atoms with E-state index in [0.29, 0.717) is 48.0 Å². The molecule has 0 saturated heterocycles. The summed E-state index contributed by atoms with van der Waals surface area (Å²) in [6, 6.07) is 12.1. The molecule has 0 radical (unpaired) electrons. The molecule has 0 unspecified atom stereocenters. The summed E-state index contributed by atoms with van der Waals surface area (Å²) in [7, 11) is 1.62. The lowest BCUT2D eigenvalue weighted by Gasteiger charge is -2.19. The van der Waals surface area contributed by atoms with Crippen molar-refractivity contribution in [1.29, 1.82) is 0 Å². The van der Waals surface area contributed by atoms with Gasteiger partial charge in [-0.15, -0.1) is 0 Å². The third-order valence-corrected chi connectivity index (χ3v) is 4.74. The maximum atomic E-state index is 12.8. The number of rotatable bonds is 10. The van der Waals surface area contributed by atoms with Gasteiger partial charge in [-0.1, -0.05) is 30.7 Å². The van der Waals surface area contributed by atoms with E-state index in [4.69, 9.17) is 21.1 Å². The van der Waals surface area contributed by atoms with Crippen molar-refractivity contribution < 1.29 is 19.1 Å². The molecule has 0 saturated carbocycles. The van der Waals surface area contributed by atoms with E-state index in [1.54, 1.807) is 49.6 Å². The Kier molecular flexibility index (Phi) is 8.96. The quantitative estimate of drug-likeness (QED) is 0.566. The van der Waals surface area contributed by atoms with E-state index in [1.165, 1.54) is 0 Å². The van der Waals surface area contributed by atoms with Crippen molar-refractivity contribution in [2.24, 2.45) is 0 Å². The van der Waals surface area contributed by atoms with Gasteiger partial charge in [-0.25, -0.2) is 0 Å². The molecule has 0 aliphatic rings. The van der Waals surface area contributed by atoms with Crippen LogP contribution in [0.15, 0.2) is 42.5 Å². The number of ether oxygens (including phenoxy) is 2. The van der Waals surface area contributed by atoms with Gasteiger partial charge in [0.25, 0.3) is 11.8 Å². The molecule has 0 spiro atoms. The fourth-order valence-electron chi connectivity index (χ4n) is 2.69. The van der Waals surface area contributed by atoms with Gasteiger partial charge in [0.15, 0.2) is 6.10 Å².